The van der Waals surface area contributed by atoms with Crippen molar-refractivity contribution in [1.82, 2.24) is 20.1 Å². The minimum atomic E-state index is -0.208. The highest BCUT2D eigenvalue weighted by Gasteiger charge is 2.29. The molecule has 1 saturated heterocycles. The summed E-state index contributed by atoms with van der Waals surface area (Å²) in [5.41, 5.74) is 0.237. The number of likely N-dealkylation sites (N-methyl/N-ethyl adjacent to an activating group) is 1. The van der Waals surface area contributed by atoms with Crippen LogP contribution in [0.4, 0.5) is 5.13 Å². The molecular formula is C15H25N5O2S. The fourth-order valence-electron chi connectivity index (χ4n) is 2.50. The summed E-state index contributed by atoms with van der Waals surface area (Å²) in [7, 11) is 2.13. The average Bonchev–Trinajstić information content (AvgIpc) is 2.93. The van der Waals surface area contributed by atoms with E-state index in [0.29, 0.717) is 17.4 Å². The van der Waals surface area contributed by atoms with E-state index in [1.807, 2.05) is 0 Å². The van der Waals surface area contributed by atoms with Crippen LogP contribution < -0.4 is 10.6 Å². The Labute approximate surface area is 141 Å². The van der Waals surface area contributed by atoms with Crippen LogP contribution in [0.3, 0.4) is 0 Å². The predicted octanol–water partition coefficient (Wildman–Crippen LogP) is 0.857. The summed E-state index contributed by atoms with van der Waals surface area (Å²) in [6.45, 7) is 10.4. The van der Waals surface area contributed by atoms with E-state index < -0.39 is 0 Å². The smallest absolute Gasteiger partial charge is 0.270 e. The van der Waals surface area contributed by atoms with Crippen molar-refractivity contribution in [3.63, 3.8) is 0 Å². The number of carbonyl (C=O) groups is 2. The topological polar surface area (TPSA) is 77.6 Å². The molecule has 0 aliphatic carbocycles. The summed E-state index contributed by atoms with van der Waals surface area (Å²) in [6, 6.07) is 0. The Bertz CT molecular complexity index is 564. The van der Waals surface area contributed by atoms with Gasteiger partial charge in [0.05, 0.1) is 0 Å². The highest BCUT2D eigenvalue weighted by molar-refractivity contribution is 7.14. The van der Waals surface area contributed by atoms with E-state index in [2.05, 4.69) is 46.3 Å². The maximum absolute atomic E-state index is 12.2. The summed E-state index contributed by atoms with van der Waals surface area (Å²) < 4.78 is 0. The van der Waals surface area contributed by atoms with Crippen molar-refractivity contribution in [3.8, 4) is 0 Å². The molecule has 1 aliphatic heterocycles. The zero-order valence-electron chi connectivity index (χ0n) is 14.2. The summed E-state index contributed by atoms with van der Waals surface area (Å²) in [4.78, 5) is 32.0. The number of piperazine rings is 1. The molecule has 1 fully saturated rings. The van der Waals surface area contributed by atoms with Crippen molar-refractivity contribution in [2.75, 3.05) is 45.1 Å². The van der Waals surface area contributed by atoms with Crippen LogP contribution in [0.2, 0.25) is 0 Å². The van der Waals surface area contributed by atoms with Gasteiger partial charge in [-0.1, -0.05) is 0 Å². The average molecular weight is 339 g/mol. The van der Waals surface area contributed by atoms with Crippen LogP contribution in [-0.4, -0.2) is 71.9 Å². The molecule has 1 aliphatic rings. The molecule has 7 nitrogen and oxygen atoms in total. The number of nitrogens with zero attached hydrogens (tertiary/aromatic N) is 3. The van der Waals surface area contributed by atoms with Gasteiger partial charge in [0.25, 0.3) is 5.91 Å². The first kappa shape index (κ1) is 17.8. The summed E-state index contributed by atoms with van der Waals surface area (Å²) in [5.74, 6) is -0.400. The van der Waals surface area contributed by atoms with Crippen LogP contribution >= 0.6 is 11.3 Å². The number of aromatic nitrogens is 1. The second-order valence-corrected chi connectivity index (χ2v) is 7.36. The number of anilines is 1. The molecule has 2 heterocycles. The van der Waals surface area contributed by atoms with Crippen molar-refractivity contribution >= 4 is 28.3 Å². The molecule has 0 radical (unpaired) electrons. The largest absolute Gasteiger partial charge is 0.349 e. The molecule has 23 heavy (non-hydrogen) atoms. The molecule has 1 aromatic heterocycles. The number of rotatable bonds is 5. The minimum Gasteiger partial charge on any atom is -0.349 e. The molecule has 0 spiro atoms. The van der Waals surface area contributed by atoms with Gasteiger partial charge >= 0.3 is 0 Å². The molecule has 0 aromatic carbocycles. The Hall–Kier alpha value is -1.51. The first-order valence-electron chi connectivity index (χ1n) is 7.73. The molecule has 0 unspecified atom stereocenters. The van der Waals surface area contributed by atoms with Gasteiger partial charge in [-0.15, -0.1) is 11.3 Å². The Morgan fingerprint density at radius 3 is 2.57 bits per heavy atom. The summed E-state index contributed by atoms with van der Waals surface area (Å²) in [6.07, 6.45) is 0. The molecule has 128 valence electrons. The van der Waals surface area contributed by atoms with Crippen LogP contribution in [0.1, 0.15) is 31.3 Å². The Morgan fingerprint density at radius 1 is 1.30 bits per heavy atom. The lowest BCUT2D eigenvalue weighted by Crippen LogP contribution is -2.57. The van der Waals surface area contributed by atoms with E-state index >= 15 is 0 Å². The third-order valence-electron chi connectivity index (χ3n) is 4.06. The molecule has 2 amide bonds. The van der Waals surface area contributed by atoms with Crippen molar-refractivity contribution in [3.05, 3.63) is 11.1 Å². The lowest BCUT2D eigenvalue weighted by molar-refractivity contribution is -0.114. The normalized spacial score (nSPS) is 17.0. The van der Waals surface area contributed by atoms with E-state index in [1.54, 1.807) is 5.38 Å². The zero-order chi connectivity index (χ0) is 17.0. The van der Waals surface area contributed by atoms with Gasteiger partial charge in [-0.25, -0.2) is 4.98 Å². The Balaban J connectivity index is 1.87. The first-order chi connectivity index (χ1) is 10.8. The van der Waals surface area contributed by atoms with Crippen molar-refractivity contribution < 1.29 is 9.59 Å². The summed E-state index contributed by atoms with van der Waals surface area (Å²) >= 11 is 1.25. The fourth-order valence-corrected chi connectivity index (χ4v) is 3.23. The van der Waals surface area contributed by atoms with E-state index in [0.717, 1.165) is 26.2 Å². The van der Waals surface area contributed by atoms with Crippen LogP contribution in [-0.2, 0) is 4.79 Å². The first-order valence-corrected chi connectivity index (χ1v) is 8.61. The monoisotopic (exact) mass is 339 g/mol. The van der Waals surface area contributed by atoms with Gasteiger partial charge in [-0.3, -0.25) is 14.5 Å². The molecule has 1 aromatic rings. The van der Waals surface area contributed by atoms with Crippen molar-refractivity contribution in [2.45, 2.75) is 26.3 Å². The molecule has 0 bridgehead atoms. The third kappa shape index (κ3) is 4.98. The number of thiazole rings is 1. The zero-order valence-corrected chi connectivity index (χ0v) is 15.0. The van der Waals surface area contributed by atoms with Crippen LogP contribution in [0.15, 0.2) is 5.38 Å². The van der Waals surface area contributed by atoms with Gasteiger partial charge in [0, 0.05) is 50.6 Å². The van der Waals surface area contributed by atoms with Crippen molar-refractivity contribution in [1.29, 1.82) is 0 Å². The molecule has 2 N–H and O–H groups in total. The molecule has 8 heteroatoms. The Morgan fingerprint density at radius 2 is 1.96 bits per heavy atom. The quantitative estimate of drug-likeness (QED) is 0.832. The van der Waals surface area contributed by atoms with E-state index in [1.165, 1.54) is 18.3 Å². The van der Waals surface area contributed by atoms with Crippen LogP contribution in [0, 0.1) is 0 Å². The van der Waals surface area contributed by atoms with Gasteiger partial charge in [0.15, 0.2) is 5.13 Å². The van der Waals surface area contributed by atoms with Gasteiger partial charge in [0.1, 0.15) is 5.69 Å². The molecule has 2 rings (SSSR count). The maximum Gasteiger partial charge on any atom is 0.270 e. The number of amides is 2. The number of nitrogens with one attached hydrogen (secondary N) is 2. The lowest BCUT2D eigenvalue weighted by Gasteiger charge is -2.43. The van der Waals surface area contributed by atoms with Gasteiger partial charge in [-0.05, 0) is 20.9 Å². The molecule has 0 saturated carbocycles. The predicted molar refractivity (Wildman–Crippen MR) is 91.9 cm³/mol. The van der Waals surface area contributed by atoms with Crippen molar-refractivity contribution in [2.24, 2.45) is 0 Å². The molecular weight excluding hydrogens is 314 g/mol. The van der Waals surface area contributed by atoms with Crippen LogP contribution in [0.25, 0.3) is 0 Å². The fraction of sp³-hybridized carbons (Fsp3) is 0.667. The number of hydrogen-bond acceptors (Lipinski definition) is 6. The SMILES string of the molecule is CC(=O)Nc1nc(C(=O)NCC(C)(C)N2CCN(C)CC2)cs1. The number of carbonyl (C=O) groups excluding carboxylic acids is 2. The van der Waals surface area contributed by atoms with Crippen LogP contribution in [0.5, 0.6) is 0 Å². The minimum absolute atomic E-state index is 0.104. The van der Waals surface area contributed by atoms with E-state index in [-0.39, 0.29) is 17.4 Å². The van der Waals surface area contributed by atoms with Gasteiger partial charge < -0.3 is 15.5 Å². The van der Waals surface area contributed by atoms with Gasteiger partial charge in [-0.2, -0.15) is 0 Å². The summed E-state index contributed by atoms with van der Waals surface area (Å²) in [5, 5.41) is 7.64. The second-order valence-electron chi connectivity index (χ2n) is 6.50. The highest BCUT2D eigenvalue weighted by atomic mass is 32.1. The third-order valence-corrected chi connectivity index (χ3v) is 4.82. The lowest BCUT2D eigenvalue weighted by atomic mass is 10.0. The van der Waals surface area contributed by atoms with E-state index in [9.17, 15) is 9.59 Å². The second kappa shape index (κ2) is 7.37. The standard InChI is InChI=1S/C15H25N5O2S/c1-11(21)17-14-18-12(9-23-14)13(22)16-10-15(2,3)20-7-5-19(4)6-8-20/h9H,5-8,10H2,1-4H3,(H,16,22)(H,17,18,21). The van der Waals surface area contributed by atoms with Gasteiger partial charge in [0.2, 0.25) is 5.91 Å². The molecule has 0 atom stereocenters. The highest BCUT2D eigenvalue weighted by Crippen LogP contribution is 2.17. The maximum atomic E-state index is 12.2. The number of hydrogen-bond donors (Lipinski definition) is 2. The Kier molecular flexibility index (Phi) is 5.72. The van der Waals surface area contributed by atoms with E-state index in [4.69, 9.17) is 0 Å².